The van der Waals surface area contributed by atoms with Crippen molar-refractivity contribution in [1.29, 1.82) is 0 Å². The lowest BCUT2D eigenvalue weighted by atomic mass is 10.1. The largest absolute Gasteiger partial charge is 0.381 e. The zero-order chi connectivity index (χ0) is 13.1. The van der Waals surface area contributed by atoms with Crippen LogP contribution in [0.1, 0.15) is 16.7 Å². The molecule has 0 atom stereocenters. The molecule has 18 heavy (non-hydrogen) atoms. The highest BCUT2D eigenvalue weighted by atomic mass is 19.1. The van der Waals surface area contributed by atoms with Crippen LogP contribution >= 0.6 is 0 Å². The third kappa shape index (κ3) is 2.86. The number of rotatable bonds is 3. The van der Waals surface area contributed by atoms with Gasteiger partial charge in [0.2, 0.25) is 0 Å². The van der Waals surface area contributed by atoms with E-state index >= 15 is 0 Å². The molecule has 0 aliphatic carbocycles. The Labute approximate surface area is 105 Å². The van der Waals surface area contributed by atoms with Crippen molar-refractivity contribution in [1.82, 2.24) is 0 Å². The monoisotopic (exact) mass is 247 g/mol. The van der Waals surface area contributed by atoms with Crippen LogP contribution in [0.25, 0.3) is 0 Å². The summed E-state index contributed by atoms with van der Waals surface area (Å²) in [5.74, 6) is -1.07. The summed E-state index contributed by atoms with van der Waals surface area (Å²) < 4.78 is 26.2. The number of hydrogen-bond acceptors (Lipinski definition) is 1. The molecule has 2 aromatic carbocycles. The zero-order valence-electron chi connectivity index (χ0n) is 10.4. The van der Waals surface area contributed by atoms with Crippen molar-refractivity contribution in [2.24, 2.45) is 0 Å². The first-order valence-electron chi connectivity index (χ1n) is 5.81. The first-order chi connectivity index (χ1) is 8.56. The highest BCUT2D eigenvalue weighted by Gasteiger charge is 2.04. The van der Waals surface area contributed by atoms with Gasteiger partial charge >= 0.3 is 0 Å². The molecule has 0 saturated heterocycles. The first kappa shape index (κ1) is 12.6. The van der Waals surface area contributed by atoms with E-state index in [9.17, 15) is 8.78 Å². The molecule has 0 aliphatic rings. The van der Waals surface area contributed by atoms with Crippen LogP contribution in [0.2, 0.25) is 0 Å². The number of hydrogen-bond donors (Lipinski definition) is 1. The summed E-state index contributed by atoms with van der Waals surface area (Å²) in [7, 11) is 0. The van der Waals surface area contributed by atoms with Crippen molar-refractivity contribution < 1.29 is 8.78 Å². The van der Waals surface area contributed by atoms with E-state index in [4.69, 9.17) is 0 Å². The van der Waals surface area contributed by atoms with Crippen LogP contribution in [-0.2, 0) is 6.54 Å². The molecule has 1 nitrogen and oxygen atoms in total. The standard InChI is InChI=1S/C15H15F2N/c1-10-3-4-11(2)15(7-10)18-9-12-5-6-13(16)8-14(12)17/h3-8,18H,9H2,1-2H3. The lowest BCUT2D eigenvalue weighted by Crippen LogP contribution is -2.03. The quantitative estimate of drug-likeness (QED) is 0.857. The van der Waals surface area contributed by atoms with Gasteiger partial charge in [-0.1, -0.05) is 18.2 Å². The number of anilines is 1. The molecule has 2 rings (SSSR count). The topological polar surface area (TPSA) is 12.0 Å². The second-order valence-corrected chi connectivity index (χ2v) is 4.41. The summed E-state index contributed by atoms with van der Waals surface area (Å²) in [6, 6.07) is 9.68. The van der Waals surface area contributed by atoms with Crippen LogP contribution < -0.4 is 5.32 Å². The third-order valence-corrected chi connectivity index (χ3v) is 2.88. The van der Waals surface area contributed by atoms with Crippen LogP contribution in [0.4, 0.5) is 14.5 Å². The minimum absolute atomic E-state index is 0.344. The van der Waals surface area contributed by atoms with Gasteiger partial charge in [-0.05, 0) is 37.1 Å². The highest BCUT2D eigenvalue weighted by molar-refractivity contribution is 5.52. The average Bonchev–Trinajstić information content (AvgIpc) is 2.32. The highest BCUT2D eigenvalue weighted by Crippen LogP contribution is 2.18. The van der Waals surface area contributed by atoms with Gasteiger partial charge in [-0.15, -0.1) is 0 Å². The van der Waals surface area contributed by atoms with Gasteiger partial charge in [-0.3, -0.25) is 0 Å². The maximum atomic E-state index is 13.5. The first-order valence-corrected chi connectivity index (χ1v) is 5.81. The molecule has 3 heteroatoms. The summed E-state index contributed by atoms with van der Waals surface area (Å²) >= 11 is 0. The van der Waals surface area contributed by atoms with Crippen LogP contribution in [0.3, 0.4) is 0 Å². The van der Waals surface area contributed by atoms with E-state index in [0.29, 0.717) is 12.1 Å². The summed E-state index contributed by atoms with van der Waals surface area (Å²) in [5, 5.41) is 3.17. The Balaban J connectivity index is 2.13. The molecule has 0 fully saturated rings. The van der Waals surface area contributed by atoms with Gasteiger partial charge in [0, 0.05) is 23.9 Å². The fourth-order valence-corrected chi connectivity index (χ4v) is 1.78. The van der Waals surface area contributed by atoms with E-state index in [1.54, 1.807) is 0 Å². The minimum Gasteiger partial charge on any atom is -0.381 e. The maximum absolute atomic E-state index is 13.5. The van der Waals surface area contributed by atoms with Gasteiger partial charge < -0.3 is 5.32 Å². The maximum Gasteiger partial charge on any atom is 0.131 e. The van der Waals surface area contributed by atoms with E-state index in [1.807, 2.05) is 32.0 Å². The molecule has 0 radical (unpaired) electrons. The molecule has 0 bridgehead atoms. The Morgan fingerprint density at radius 3 is 2.50 bits per heavy atom. The molecular weight excluding hydrogens is 232 g/mol. The van der Waals surface area contributed by atoms with Gasteiger partial charge in [0.15, 0.2) is 0 Å². The van der Waals surface area contributed by atoms with E-state index < -0.39 is 11.6 Å². The summed E-state index contributed by atoms with van der Waals surface area (Å²) in [6.07, 6.45) is 0. The van der Waals surface area contributed by atoms with Crippen molar-refractivity contribution in [3.63, 3.8) is 0 Å². The summed E-state index contributed by atoms with van der Waals surface area (Å²) in [5.41, 5.74) is 3.67. The molecule has 0 aliphatic heterocycles. The molecule has 0 spiro atoms. The Bertz CT molecular complexity index is 564. The van der Waals surface area contributed by atoms with Crippen molar-refractivity contribution in [2.45, 2.75) is 20.4 Å². The SMILES string of the molecule is Cc1ccc(C)c(NCc2ccc(F)cc2F)c1. The molecule has 0 saturated carbocycles. The molecule has 94 valence electrons. The normalized spacial score (nSPS) is 10.4. The Kier molecular flexibility index (Phi) is 3.60. The van der Waals surface area contributed by atoms with E-state index in [0.717, 1.165) is 22.9 Å². The predicted octanol–water partition coefficient (Wildman–Crippen LogP) is 4.19. The molecule has 0 aromatic heterocycles. The molecular formula is C15H15F2N. The van der Waals surface area contributed by atoms with E-state index in [2.05, 4.69) is 5.32 Å². The smallest absolute Gasteiger partial charge is 0.131 e. The third-order valence-electron chi connectivity index (χ3n) is 2.88. The Morgan fingerprint density at radius 1 is 1.00 bits per heavy atom. The molecule has 2 aromatic rings. The Morgan fingerprint density at radius 2 is 1.78 bits per heavy atom. The molecule has 0 heterocycles. The van der Waals surface area contributed by atoms with Gasteiger partial charge in [-0.25, -0.2) is 8.78 Å². The van der Waals surface area contributed by atoms with Crippen molar-refractivity contribution >= 4 is 5.69 Å². The summed E-state index contributed by atoms with van der Waals surface area (Å²) in [4.78, 5) is 0. The van der Waals surface area contributed by atoms with Crippen LogP contribution in [0, 0.1) is 25.5 Å². The molecule has 0 unspecified atom stereocenters. The zero-order valence-corrected chi connectivity index (χ0v) is 10.4. The fraction of sp³-hybridized carbons (Fsp3) is 0.200. The molecule has 0 amide bonds. The lowest BCUT2D eigenvalue weighted by Gasteiger charge is -2.11. The van der Waals surface area contributed by atoms with Gasteiger partial charge in [0.05, 0.1) is 0 Å². The second-order valence-electron chi connectivity index (χ2n) is 4.41. The van der Waals surface area contributed by atoms with Crippen molar-refractivity contribution in [2.75, 3.05) is 5.32 Å². The van der Waals surface area contributed by atoms with Crippen molar-refractivity contribution in [3.05, 3.63) is 64.7 Å². The van der Waals surface area contributed by atoms with Gasteiger partial charge in [0.25, 0.3) is 0 Å². The Hall–Kier alpha value is -1.90. The predicted molar refractivity (Wildman–Crippen MR) is 69.6 cm³/mol. The van der Waals surface area contributed by atoms with Crippen molar-refractivity contribution in [3.8, 4) is 0 Å². The van der Waals surface area contributed by atoms with Gasteiger partial charge in [-0.2, -0.15) is 0 Å². The lowest BCUT2D eigenvalue weighted by molar-refractivity contribution is 0.574. The van der Waals surface area contributed by atoms with Crippen LogP contribution in [0.15, 0.2) is 36.4 Å². The van der Waals surface area contributed by atoms with E-state index in [-0.39, 0.29) is 0 Å². The fourth-order valence-electron chi connectivity index (χ4n) is 1.78. The number of halogens is 2. The summed E-state index contributed by atoms with van der Waals surface area (Å²) in [6.45, 7) is 4.34. The van der Waals surface area contributed by atoms with Gasteiger partial charge in [0.1, 0.15) is 11.6 Å². The average molecular weight is 247 g/mol. The number of aryl methyl sites for hydroxylation is 2. The van der Waals surface area contributed by atoms with Crippen LogP contribution in [-0.4, -0.2) is 0 Å². The number of nitrogens with one attached hydrogen (secondary N) is 1. The molecule has 1 N–H and O–H groups in total. The second kappa shape index (κ2) is 5.17. The van der Waals surface area contributed by atoms with Crippen LogP contribution in [0.5, 0.6) is 0 Å². The van der Waals surface area contributed by atoms with E-state index in [1.165, 1.54) is 12.1 Å². The number of benzene rings is 2. The minimum atomic E-state index is -0.553.